The second-order valence-corrected chi connectivity index (χ2v) is 5.77. The average molecular weight is 388 g/mol. The summed E-state index contributed by atoms with van der Waals surface area (Å²) in [5.41, 5.74) is 1.04. The first-order valence-corrected chi connectivity index (χ1v) is 7.92. The molecule has 2 aromatic carbocycles. The molecule has 0 spiro atoms. The Morgan fingerprint density at radius 1 is 1.07 bits per heavy atom. The number of rotatable bonds is 6. The molecular formula is C18H17F5N2O2. The smallest absolute Gasteiger partial charge is 0.422 e. The predicted octanol–water partition coefficient (Wildman–Crippen LogP) is 4.47. The van der Waals surface area contributed by atoms with E-state index < -0.39 is 36.5 Å². The minimum atomic E-state index is -4.41. The maximum atomic E-state index is 13.2. The number of nitrogens with one attached hydrogen (secondary N) is 2. The van der Waals surface area contributed by atoms with Crippen molar-refractivity contribution in [2.45, 2.75) is 25.7 Å². The number of ether oxygens (including phenoxy) is 1. The van der Waals surface area contributed by atoms with Gasteiger partial charge in [-0.3, -0.25) is 0 Å². The van der Waals surface area contributed by atoms with E-state index in [0.29, 0.717) is 11.1 Å². The summed E-state index contributed by atoms with van der Waals surface area (Å²) >= 11 is 0. The fraction of sp³-hybridized carbons (Fsp3) is 0.278. The van der Waals surface area contributed by atoms with Crippen molar-refractivity contribution in [3.05, 3.63) is 65.2 Å². The normalized spacial score (nSPS) is 12.4. The summed E-state index contributed by atoms with van der Waals surface area (Å²) in [7, 11) is 0. The number of carbonyl (C=O) groups is 1. The lowest BCUT2D eigenvalue weighted by Crippen LogP contribution is -2.36. The standard InChI is InChI=1S/C18H17F5N2O2/c1-11(13-4-7-15(19)16(20)8-13)25-17(26)24-9-12-2-5-14(6-3-12)27-10-18(21,22)23/h2-8,11H,9-10H2,1H3,(H2,24,25,26). The lowest BCUT2D eigenvalue weighted by atomic mass is 10.1. The van der Waals surface area contributed by atoms with E-state index in [1.807, 2.05) is 0 Å². The summed E-state index contributed by atoms with van der Waals surface area (Å²) in [4.78, 5) is 11.9. The molecule has 4 nitrogen and oxygen atoms in total. The minimum Gasteiger partial charge on any atom is -0.484 e. The Morgan fingerprint density at radius 3 is 2.33 bits per heavy atom. The zero-order valence-electron chi connectivity index (χ0n) is 14.2. The number of amides is 2. The summed E-state index contributed by atoms with van der Waals surface area (Å²) in [6, 6.07) is 8.01. The van der Waals surface area contributed by atoms with Gasteiger partial charge in [-0.2, -0.15) is 13.2 Å². The molecule has 0 bridgehead atoms. The highest BCUT2D eigenvalue weighted by Crippen LogP contribution is 2.19. The van der Waals surface area contributed by atoms with Crippen LogP contribution in [0.15, 0.2) is 42.5 Å². The summed E-state index contributed by atoms with van der Waals surface area (Å²) in [6.45, 7) is 0.351. The van der Waals surface area contributed by atoms with Crippen LogP contribution in [0, 0.1) is 11.6 Å². The van der Waals surface area contributed by atoms with Crippen LogP contribution < -0.4 is 15.4 Å². The lowest BCUT2D eigenvalue weighted by Gasteiger charge is -2.15. The molecule has 0 saturated heterocycles. The zero-order chi connectivity index (χ0) is 20.0. The largest absolute Gasteiger partial charge is 0.484 e. The van der Waals surface area contributed by atoms with Crippen LogP contribution in [0.2, 0.25) is 0 Å². The fourth-order valence-electron chi connectivity index (χ4n) is 2.16. The highest BCUT2D eigenvalue weighted by molar-refractivity contribution is 5.74. The number of alkyl halides is 3. The number of hydrogen-bond acceptors (Lipinski definition) is 2. The highest BCUT2D eigenvalue weighted by atomic mass is 19.4. The lowest BCUT2D eigenvalue weighted by molar-refractivity contribution is -0.153. The Kier molecular flexibility index (Phi) is 6.59. The summed E-state index contributed by atoms with van der Waals surface area (Å²) in [5.74, 6) is -1.92. The number of urea groups is 1. The minimum absolute atomic E-state index is 0.0625. The van der Waals surface area contributed by atoms with Gasteiger partial charge in [0.15, 0.2) is 18.2 Å². The van der Waals surface area contributed by atoms with Crippen LogP contribution >= 0.6 is 0 Å². The molecule has 0 heterocycles. The third kappa shape index (κ3) is 6.76. The van der Waals surface area contributed by atoms with E-state index >= 15 is 0 Å². The van der Waals surface area contributed by atoms with E-state index in [4.69, 9.17) is 0 Å². The molecular weight excluding hydrogens is 371 g/mol. The summed E-state index contributed by atoms with van der Waals surface area (Å²) < 4.78 is 67.0. The molecule has 2 aromatic rings. The van der Waals surface area contributed by atoms with Crippen LogP contribution in [-0.2, 0) is 6.54 Å². The van der Waals surface area contributed by atoms with Gasteiger partial charge in [0.05, 0.1) is 6.04 Å². The first kappa shape index (κ1) is 20.5. The van der Waals surface area contributed by atoms with Crippen LogP contribution in [0.4, 0.5) is 26.7 Å². The van der Waals surface area contributed by atoms with Gasteiger partial charge in [-0.15, -0.1) is 0 Å². The molecule has 2 amide bonds. The zero-order valence-corrected chi connectivity index (χ0v) is 14.2. The van der Waals surface area contributed by atoms with E-state index in [1.165, 1.54) is 30.3 Å². The van der Waals surface area contributed by atoms with Crippen LogP contribution in [0.3, 0.4) is 0 Å². The number of benzene rings is 2. The highest BCUT2D eigenvalue weighted by Gasteiger charge is 2.28. The monoisotopic (exact) mass is 388 g/mol. The number of halogens is 5. The Balaban J connectivity index is 1.81. The van der Waals surface area contributed by atoms with Gasteiger partial charge >= 0.3 is 12.2 Å². The molecule has 0 saturated carbocycles. The van der Waals surface area contributed by atoms with Crippen molar-refractivity contribution in [2.75, 3.05) is 6.61 Å². The van der Waals surface area contributed by atoms with E-state index in [0.717, 1.165) is 12.1 Å². The van der Waals surface area contributed by atoms with E-state index in [2.05, 4.69) is 15.4 Å². The van der Waals surface area contributed by atoms with E-state index in [1.54, 1.807) is 6.92 Å². The molecule has 1 unspecified atom stereocenters. The van der Waals surface area contributed by atoms with Gasteiger partial charge in [0.2, 0.25) is 0 Å². The fourth-order valence-corrected chi connectivity index (χ4v) is 2.16. The van der Waals surface area contributed by atoms with E-state index in [-0.39, 0.29) is 12.3 Å². The maximum absolute atomic E-state index is 13.2. The van der Waals surface area contributed by atoms with Gasteiger partial charge < -0.3 is 15.4 Å². The van der Waals surface area contributed by atoms with Crippen molar-refractivity contribution in [1.29, 1.82) is 0 Å². The molecule has 146 valence electrons. The Bertz CT molecular complexity index is 778. The van der Waals surface area contributed by atoms with Gasteiger partial charge in [-0.1, -0.05) is 18.2 Å². The van der Waals surface area contributed by atoms with Crippen molar-refractivity contribution < 1.29 is 31.5 Å². The number of hydrogen-bond donors (Lipinski definition) is 2. The van der Waals surface area contributed by atoms with Crippen molar-refractivity contribution in [3.63, 3.8) is 0 Å². The third-order valence-corrected chi connectivity index (χ3v) is 3.57. The first-order chi connectivity index (χ1) is 12.6. The average Bonchev–Trinajstić information content (AvgIpc) is 2.60. The van der Waals surface area contributed by atoms with Crippen molar-refractivity contribution in [2.24, 2.45) is 0 Å². The number of carbonyl (C=O) groups excluding carboxylic acids is 1. The molecule has 0 radical (unpaired) electrons. The van der Waals surface area contributed by atoms with Crippen molar-refractivity contribution in [3.8, 4) is 5.75 Å². The van der Waals surface area contributed by atoms with Crippen LogP contribution in [0.25, 0.3) is 0 Å². The molecule has 0 aliphatic carbocycles. The van der Waals surface area contributed by atoms with Crippen molar-refractivity contribution in [1.82, 2.24) is 10.6 Å². The van der Waals surface area contributed by atoms with Crippen LogP contribution in [0.1, 0.15) is 24.1 Å². The van der Waals surface area contributed by atoms with Gasteiger partial charge in [-0.25, -0.2) is 13.6 Å². The Labute approximate surface area is 152 Å². The molecule has 1 atom stereocenters. The maximum Gasteiger partial charge on any atom is 0.422 e. The Hall–Kier alpha value is -2.84. The molecule has 27 heavy (non-hydrogen) atoms. The van der Waals surface area contributed by atoms with Crippen LogP contribution in [0.5, 0.6) is 5.75 Å². The Morgan fingerprint density at radius 2 is 1.74 bits per heavy atom. The van der Waals surface area contributed by atoms with Crippen molar-refractivity contribution >= 4 is 6.03 Å². The van der Waals surface area contributed by atoms with Gasteiger partial charge in [-0.05, 0) is 42.3 Å². The SMILES string of the molecule is CC(NC(=O)NCc1ccc(OCC(F)(F)F)cc1)c1ccc(F)c(F)c1. The van der Waals surface area contributed by atoms with Crippen LogP contribution in [-0.4, -0.2) is 18.8 Å². The van der Waals surface area contributed by atoms with E-state index in [9.17, 15) is 26.7 Å². The molecule has 0 aromatic heterocycles. The second-order valence-electron chi connectivity index (χ2n) is 5.77. The third-order valence-electron chi connectivity index (χ3n) is 3.57. The topological polar surface area (TPSA) is 50.4 Å². The molecule has 0 aliphatic rings. The molecule has 2 N–H and O–H groups in total. The molecule has 0 fully saturated rings. The van der Waals surface area contributed by atoms with Gasteiger partial charge in [0, 0.05) is 6.54 Å². The second kappa shape index (κ2) is 8.70. The summed E-state index contributed by atoms with van der Waals surface area (Å²) in [6.07, 6.45) is -4.41. The first-order valence-electron chi connectivity index (χ1n) is 7.92. The van der Waals surface area contributed by atoms with Gasteiger partial charge in [0.1, 0.15) is 5.75 Å². The molecule has 2 rings (SSSR count). The quantitative estimate of drug-likeness (QED) is 0.718. The summed E-state index contributed by atoms with van der Waals surface area (Å²) in [5, 5.41) is 5.14. The van der Waals surface area contributed by atoms with Gasteiger partial charge in [0.25, 0.3) is 0 Å². The predicted molar refractivity (Wildman–Crippen MR) is 88.1 cm³/mol. The molecule has 0 aliphatic heterocycles. The molecule has 9 heteroatoms.